The lowest BCUT2D eigenvalue weighted by molar-refractivity contribution is -0.144. The van der Waals surface area contributed by atoms with Gasteiger partial charge in [-0.3, -0.25) is 4.79 Å². The number of fused-ring (bicyclic) bond motifs is 1. The summed E-state index contributed by atoms with van der Waals surface area (Å²) in [5.74, 6) is -2.99. The molecule has 0 spiro atoms. The monoisotopic (exact) mass is 447 g/mol. The van der Waals surface area contributed by atoms with Gasteiger partial charge < -0.3 is 5.32 Å². The van der Waals surface area contributed by atoms with Crippen molar-refractivity contribution in [2.45, 2.75) is 69.6 Å². The Morgan fingerprint density at radius 2 is 1.83 bits per heavy atom. The smallest absolute Gasteiger partial charge is 0.309 e. The lowest BCUT2D eigenvalue weighted by Gasteiger charge is -2.28. The summed E-state index contributed by atoms with van der Waals surface area (Å²) in [6.07, 6.45) is -1.08. The zero-order valence-corrected chi connectivity index (χ0v) is 17.7. The molecule has 12 heteroatoms. The molecular weight excluding hydrogens is 423 g/mol. The number of amides is 1. The minimum Gasteiger partial charge on any atom is -0.309 e. The van der Waals surface area contributed by atoms with Gasteiger partial charge >= 0.3 is 6.18 Å². The van der Waals surface area contributed by atoms with Gasteiger partial charge in [0.15, 0.2) is 9.84 Å². The van der Waals surface area contributed by atoms with Crippen molar-refractivity contribution in [3.05, 3.63) is 17.6 Å². The van der Waals surface area contributed by atoms with Crippen molar-refractivity contribution in [2.24, 2.45) is 5.92 Å². The second-order valence-corrected chi connectivity index (χ2v) is 10.3. The summed E-state index contributed by atoms with van der Waals surface area (Å²) < 4.78 is 65.8. The van der Waals surface area contributed by atoms with Crippen LogP contribution in [0.25, 0.3) is 5.78 Å². The number of nitrogens with zero attached hydrogens (tertiary/aromatic N) is 4. The van der Waals surface area contributed by atoms with E-state index in [-0.39, 0.29) is 17.3 Å². The second kappa shape index (κ2) is 8.12. The molecule has 2 aromatic heterocycles. The average molecular weight is 447 g/mol. The topological polar surface area (TPSA) is 106 Å². The lowest BCUT2D eigenvalue weighted by Crippen LogP contribution is -2.44. The Balaban J connectivity index is 1.89. The standard InChI is InChI=1S/C18H24F3N5O3S/c1-10(2)14(30(28,29)12-7-5-4-6-8-12)15(27)22-13-9-11(3)26-17(23-13)24-16(25-26)18(19,20)21/h9-10,12,14H,4-8H2,1-3H3,(H,22,23,24,25,27). The summed E-state index contributed by atoms with van der Waals surface area (Å²) in [6.45, 7) is 4.79. The first kappa shape index (κ1) is 22.4. The number of aryl methyl sites for hydroxylation is 1. The highest BCUT2D eigenvalue weighted by Gasteiger charge is 2.41. The molecule has 1 amide bonds. The molecule has 2 heterocycles. The first-order chi connectivity index (χ1) is 13.9. The Hall–Kier alpha value is -2.24. The first-order valence-electron chi connectivity index (χ1n) is 9.76. The quantitative estimate of drug-likeness (QED) is 0.755. The molecule has 1 unspecified atom stereocenters. The van der Waals surface area contributed by atoms with Gasteiger partial charge in [0.05, 0.1) is 5.25 Å². The van der Waals surface area contributed by atoms with Crippen molar-refractivity contribution >= 4 is 27.3 Å². The number of hydrogen-bond donors (Lipinski definition) is 1. The number of sulfone groups is 1. The van der Waals surface area contributed by atoms with E-state index in [0.29, 0.717) is 12.8 Å². The van der Waals surface area contributed by atoms with E-state index in [1.54, 1.807) is 13.8 Å². The largest absolute Gasteiger partial charge is 0.453 e. The van der Waals surface area contributed by atoms with Crippen LogP contribution in [0.1, 0.15) is 57.5 Å². The molecule has 0 aromatic carbocycles. The Labute approximate surface area is 172 Å². The summed E-state index contributed by atoms with van der Waals surface area (Å²) in [5.41, 5.74) is 0.259. The Morgan fingerprint density at radius 1 is 1.20 bits per heavy atom. The third kappa shape index (κ3) is 4.42. The van der Waals surface area contributed by atoms with Crippen molar-refractivity contribution in [3.8, 4) is 0 Å². The zero-order valence-electron chi connectivity index (χ0n) is 16.9. The van der Waals surface area contributed by atoms with Crippen LogP contribution >= 0.6 is 0 Å². The van der Waals surface area contributed by atoms with Gasteiger partial charge in [-0.05, 0) is 25.7 Å². The van der Waals surface area contributed by atoms with E-state index in [0.717, 1.165) is 23.8 Å². The molecule has 3 rings (SSSR count). The molecule has 2 aromatic rings. The molecule has 0 aliphatic heterocycles. The highest BCUT2D eigenvalue weighted by Crippen LogP contribution is 2.30. The van der Waals surface area contributed by atoms with Crippen molar-refractivity contribution in [1.82, 2.24) is 19.6 Å². The highest BCUT2D eigenvalue weighted by molar-refractivity contribution is 7.93. The fourth-order valence-electron chi connectivity index (χ4n) is 3.83. The van der Waals surface area contributed by atoms with E-state index in [2.05, 4.69) is 20.4 Å². The van der Waals surface area contributed by atoms with Crippen molar-refractivity contribution in [3.63, 3.8) is 0 Å². The molecule has 1 aliphatic carbocycles. The predicted octanol–water partition coefficient (Wildman–Crippen LogP) is 3.16. The maximum Gasteiger partial charge on any atom is 0.453 e. The maximum atomic E-state index is 13.1. The number of carbonyl (C=O) groups is 1. The van der Waals surface area contributed by atoms with Gasteiger partial charge in [-0.2, -0.15) is 23.1 Å². The Kier molecular flexibility index (Phi) is 6.08. The summed E-state index contributed by atoms with van der Waals surface area (Å²) in [6, 6.07) is 1.32. The van der Waals surface area contributed by atoms with Gasteiger partial charge in [0.2, 0.25) is 5.91 Å². The molecule has 8 nitrogen and oxygen atoms in total. The van der Waals surface area contributed by atoms with Crippen LogP contribution < -0.4 is 5.32 Å². The van der Waals surface area contributed by atoms with Gasteiger partial charge in [0.1, 0.15) is 11.1 Å². The second-order valence-electron chi connectivity index (χ2n) is 7.93. The fraction of sp³-hybridized carbons (Fsp3) is 0.667. The molecule has 1 N–H and O–H groups in total. The third-order valence-electron chi connectivity index (χ3n) is 5.23. The van der Waals surface area contributed by atoms with E-state index in [9.17, 15) is 26.4 Å². The SMILES string of the molecule is Cc1cc(NC(=O)C(C(C)C)S(=O)(=O)C2CCCCC2)nc2nc(C(F)(F)F)nn12. The van der Waals surface area contributed by atoms with Gasteiger partial charge in [0.25, 0.3) is 11.6 Å². The molecule has 30 heavy (non-hydrogen) atoms. The van der Waals surface area contributed by atoms with Crippen molar-refractivity contribution in [2.75, 3.05) is 5.32 Å². The summed E-state index contributed by atoms with van der Waals surface area (Å²) >= 11 is 0. The van der Waals surface area contributed by atoms with E-state index < -0.39 is 44.2 Å². The zero-order chi connectivity index (χ0) is 22.3. The number of carbonyl (C=O) groups excluding carboxylic acids is 1. The molecule has 0 bridgehead atoms. The van der Waals surface area contributed by atoms with Crippen LogP contribution in [-0.2, 0) is 20.8 Å². The number of anilines is 1. The number of halogens is 3. The Bertz CT molecular complexity index is 1040. The predicted molar refractivity (Wildman–Crippen MR) is 104 cm³/mol. The molecule has 166 valence electrons. The lowest BCUT2D eigenvalue weighted by atomic mass is 10.0. The molecule has 1 fully saturated rings. The van der Waals surface area contributed by atoms with Gasteiger partial charge in [-0.1, -0.05) is 33.1 Å². The fourth-order valence-corrected chi connectivity index (χ4v) is 6.35. The minimum atomic E-state index is -4.74. The summed E-state index contributed by atoms with van der Waals surface area (Å²) in [4.78, 5) is 20.2. The molecule has 1 saturated carbocycles. The van der Waals surface area contributed by atoms with Crippen molar-refractivity contribution < 1.29 is 26.4 Å². The third-order valence-corrected chi connectivity index (χ3v) is 8.10. The van der Waals surface area contributed by atoms with E-state index in [1.165, 1.54) is 13.0 Å². The average Bonchev–Trinajstić information content (AvgIpc) is 3.07. The van der Waals surface area contributed by atoms with Crippen LogP contribution in [0.2, 0.25) is 0 Å². The number of rotatable bonds is 5. The van der Waals surface area contributed by atoms with Gasteiger partial charge in [0, 0.05) is 11.8 Å². The summed E-state index contributed by atoms with van der Waals surface area (Å²) in [7, 11) is -3.73. The van der Waals surface area contributed by atoms with Crippen LogP contribution in [-0.4, -0.2) is 44.4 Å². The van der Waals surface area contributed by atoms with Gasteiger partial charge in [-0.25, -0.2) is 12.9 Å². The molecular formula is C18H24F3N5O3S. The minimum absolute atomic E-state index is 0.0735. The van der Waals surface area contributed by atoms with Crippen LogP contribution in [0, 0.1) is 12.8 Å². The number of nitrogens with one attached hydrogen (secondary N) is 1. The van der Waals surface area contributed by atoms with Crippen LogP contribution in [0.3, 0.4) is 0 Å². The molecule has 1 aliphatic rings. The molecule has 0 radical (unpaired) electrons. The maximum absolute atomic E-state index is 13.1. The van der Waals surface area contributed by atoms with Crippen LogP contribution in [0.15, 0.2) is 6.07 Å². The first-order valence-corrected chi connectivity index (χ1v) is 11.4. The number of aromatic nitrogens is 4. The summed E-state index contributed by atoms with van der Waals surface area (Å²) in [5, 5.41) is 4.00. The molecule has 1 atom stereocenters. The van der Waals surface area contributed by atoms with E-state index >= 15 is 0 Å². The van der Waals surface area contributed by atoms with E-state index in [1.807, 2.05) is 0 Å². The van der Waals surface area contributed by atoms with Crippen molar-refractivity contribution in [1.29, 1.82) is 0 Å². The normalized spacial score (nSPS) is 17.4. The van der Waals surface area contributed by atoms with Crippen LogP contribution in [0.5, 0.6) is 0 Å². The van der Waals surface area contributed by atoms with Gasteiger partial charge in [-0.15, -0.1) is 5.10 Å². The molecule has 0 saturated heterocycles. The number of hydrogen-bond acceptors (Lipinski definition) is 6. The number of alkyl halides is 3. The van der Waals surface area contributed by atoms with E-state index in [4.69, 9.17) is 0 Å². The highest BCUT2D eigenvalue weighted by atomic mass is 32.2. The van der Waals surface area contributed by atoms with Crippen LogP contribution in [0.4, 0.5) is 19.0 Å². The Morgan fingerprint density at radius 3 is 2.40 bits per heavy atom.